The van der Waals surface area contributed by atoms with E-state index in [4.69, 9.17) is 2.74 Å². The summed E-state index contributed by atoms with van der Waals surface area (Å²) in [5.41, 5.74) is 1.20. The molecule has 0 saturated carbocycles. The van der Waals surface area contributed by atoms with Gasteiger partial charge in [-0.25, -0.2) is 17.2 Å². The summed E-state index contributed by atoms with van der Waals surface area (Å²) in [5, 5.41) is 0.732. The first-order valence-electron chi connectivity index (χ1n) is 12.7. The van der Waals surface area contributed by atoms with Gasteiger partial charge in [0, 0.05) is 58.6 Å². The van der Waals surface area contributed by atoms with Gasteiger partial charge in [-0.1, -0.05) is 30.3 Å². The molecule has 1 aliphatic rings. The molecule has 9 heteroatoms. The van der Waals surface area contributed by atoms with Gasteiger partial charge in [0.1, 0.15) is 11.6 Å². The molecule has 4 aromatic rings. The zero-order chi connectivity index (χ0) is 27.8. The third kappa shape index (κ3) is 5.68. The summed E-state index contributed by atoms with van der Waals surface area (Å²) < 4.78 is 70.3. The van der Waals surface area contributed by atoms with Crippen molar-refractivity contribution in [2.75, 3.05) is 26.2 Å². The number of benzene rings is 3. The zero-order valence-electron chi connectivity index (χ0n) is 21.8. The van der Waals surface area contributed by atoms with E-state index in [1.165, 1.54) is 11.0 Å². The number of hydrogen-bond acceptors (Lipinski definition) is 5. The van der Waals surface area contributed by atoms with Gasteiger partial charge >= 0.3 is 0 Å². The minimum atomic E-state index is -3.69. The third-order valence-electron chi connectivity index (χ3n) is 6.20. The fraction of sp³-hybridized carbons (Fsp3) is 0.214. The van der Waals surface area contributed by atoms with Crippen LogP contribution in [0.5, 0.6) is 0 Å². The number of nitrogens with zero attached hydrogens (tertiary/aromatic N) is 3. The van der Waals surface area contributed by atoms with Gasteiger partial charge in [0.25, 0.3) is 5.91 Å². The second kappa shape index (κ2) is 10.4. The Morgan fingerprint density at radius 3 is 2.27 bits per heavy atom. The Morgan fingerprint density at radius 1 is 0.892 bits per heavy atom. The maximum Gasteiger partial charge on any atom is 0.253 e. The Bertz CT molecular complexity index is 1620. The Morgan fingerprint density at radius 2 is 1.57 bits per heavy atom. The normalized spacial score (nSPS) is 15.9. The fourth-order valence-corrected chi connectivity index (χ4v) is 5.91. The van der Waals surface area contributed by atoms with E-state index < -0.39 is 28.0 Å². The van der Waals surface area contributed by atoms with Crippen molar-refractivity contribution in [3.8, 4) is 0 Å². The Balaban J connectivity index is 1.24. The first-order chi connectivity index (χ1) is 18.5. The third-order valence-corrected chi connectivity index (χ3v) is 7.92. The van der Waals surface area contributed by atoms with Crippen molar-refractivity contribution >= 4 is 26.6 Å². The largest absolute Gasteiger partial charge is 0.336 e. The van der Waals surface area contributed by atoms with E-state index in [9.17, 15) is 22.0 Å². The SMILES string of the molecule is [2H]C([2H])(c1cc(F)cc(F)c1)N1CCN(C(=O)c2ccc(CS(=O)(=O)c3cccc4cccnc34)cc2)CC1. The van der Waals surface area contributed by atoms with Crippen LogP contribution in [0.15, 0.2) is 83.9 Å². The van der Waals surface area contributed by atoms with Gasteiger partial charge in [-0.05, 0) is 47.5 Å². The lowest BCUT2D eigenvalue weighted by Crippen LogP contribution is -2.48. The van der Waals surface area contributed by atoms with Crippen LogP contribution in [-0.2, 0) is 22.1 Å². The number of rotatable bonds is 6. The van der Waals surface area contributed by atoms with Gasteiger partial charge in [0.05, 0.1) is 16.2 Å². The van der Waals surface area contributed by atoms with Gasteiger partial charge in [0.15, 0.2) is 9.84 Å². The quantitative estimate of drug-likeness (QED) is 0.374. The van der Waals surface area contributed by atoms with Gasteiger partial charge in [-0.2, -0.15) is 0 Å². The minimum Gasteiger partial charge on any atom is -0.336 e. The van der Waals surface area contributed by atoms with Crippen molar-refractivity contribution in [1.82, 2.24) is 14.8 Å². The van der Waals surface area contributed by atoms with Gasteiger partial charge in [0.2, 0.25) is 0 Å². The van der Waals surface area contributed by atoms with Gasteiger partial charge in [-0.3, -0.25) is 14.7 Å². The highest BCUT2D eigenvalue weighted by molar-refractivity contribution is 7.90. The first-order valence-corrected chi connectivity index (χ1v) is 13.4. The maximum atomic E-state index is 13.6. The van der Waals surface area contributed by atoms with E-state index in [1.54, 1.807) is 59.6 Å². The number of carbonyl (C=O) groups is 1. The molecule has 5 rings (SSSR count). The summed E-state index contributed by atoms with van der Waals surface area (Å²) in [6.07, 6.45) is 1.55. The summed E-state index contributed by atoms with van der Waals surface area (Å²) in [4.78, 5) is 20.5. The molecule has 0 unspecified atom stereocenters. The van der Waals surface area contributed by atoms with Gasteiger partial charge < -0.3 is 4.90 Å². The molecule has 1 aromatic heterocycles. The van der Waals surface area contributed by atoms with Crippen molar-refractivity contribution in [3.63, 3.8) is 0 Å². The lowest BCUT2D eigenvalue weighted by atomic mass is 10.1. The van der Waals surface area contributed by atoms with E-state index >= 15 is 0 Å². The topological polar surface area (TPSA) is 70.6 Å². The smallest absolute Gasteiger partial charge is 0.253 e. The summed E-state index contributed by atoms with van der Waals surface area (Å²) >= 11 is 0. The number of para-hydroxylation sites is 1. The molecule has 0 atom stereocenters. The van der Waals surface area contributed by atoms with Crippen LogP contribution in [0, 0.1) is 11.6 Å². The van der Waals surface area contributed by atoms with Crippen LogP contribution in [0.1, 0.15) is 24.2 Å². The first kappa shape index (κ1) is 22.5. The van der Waals surface area contributed by atoms with Crippen molar-refractivity contribution in [2.45, 2.75) is 17.1 Å². The van der Waals surface area contributed by atoms with E-state index in [-0.39, 0.29) is 48.3 Å². The summed E-state index contributed by atoms with van der Waals surface area (Å²) in [6.45, 7) is -1.32. The standard InChI is InChI=1S/C28H25F2N3O3S/c29-24-15-21(16-25(30)17-24)18-32-11-13-33(14-12-32)28(34)23-8-6-20(7-9-23)19-37(35,36)26-5-1-3-22-4-2-10-31-27(22)26/h1-10,15-17H,11-14,18-19H2/i18D2. The number of fused-ring (bicyclic) bond motifs is 1. The maximum absolute atomic E-state index is 13.6. The van der Waals surface area contributed by atoms with Crippen LogP contribution in [0.4, 0.5) is 8.78 Å². The summed E-state index contributed by atoms with van der Waals surface area (Å²) in [7, 11) is -3.69. The van der Waals surface area contributed by atoms with Crippen LogP contribution in [0.3, 0.4) is 0 Å². The number of pyridine rings is 1. The molecule has 1 aliphatic heterocycles. The van der Waals surface area contributed by atoms with Crippen molar-refractivity contribution in [3.05, 3.63) is 107 Å². The molecule has 2 heterocycles. The molecule has 1 fully saturated rings. The predicted octanol–water partition coefficient (Wildman–Crippen LogP) is 4.44. The highest BCUT2D eigenvalue weighted by atomic mass is 32.2. The molecular formula is C28H25F2N3O3S. The molecule has 1 saturated heterocycles. The van der Waals surface area contributed by atoms with Crippen molar-refractivity contribution in [2.24, 2.45) is 0 Å². The second-order valence-corrected chi connectivity index (χ2v) is 10.8. The zero-order valence-corrected chi connectivity index (χ0v) is 20.6. The number of piperazine rings is 1. The number of hydrogen-bond donors (Lipinski definition) is 0. The lowest BCUT2D eigenvalue weighted by Gasteiger charge is -2.34. The van der Waals surface area contributed by atoms with Crippen LogP contribution in [-0.4, -0.2) is 55.3 Å². The highest BCUT2D eigenvalue weighted by Gasteiger charge is 2.23. The molecule has 0 bridgehead atoms. The monoisotopic (exact) mass is 523 g/mol. The molecule has 0 radical (unpaired) electrons. The van der Waals surface area contributed by atoms with Crippen LogP contribution >= 0.6 is 0 Å². The molecule has 1 amide bonds. The van der Waals surface area contributed by atoms with E-state index in [2.05, 4.69) is 4.98 Å². The number of amides is 1. The Kier molecular flexibility index (Phi) is 6.30. The van der Waals surface area contributed by atoms with Crippen LogP contribution in [0.25, 0.3) is 10.9 Å². The molecule has 0 aliphatic carbocycles. The average Bonchev–Trinajstić information content (AvgIpc) is 2.92. The van der Waals surface area contributed by atoms with Crippen LogP contribution < -0.4 is 0 Å². The van der Waals surface area contributed by atoms with E-state index in [1.807, 2.05) is 0 Å². The summed E-state index contributed by atoms with van der Waals surface area (Å²) in [6, 6.07) is 17.6. The Labute approximate surface area is 216 Å². The highest BCUT2D eigenvalue weighted by Crippen LogP contribution is 2.24. The van der Waals surface area contributed by atoms with E-state index in [0.717, 1.165) is 17.5 Å². The number of sulfone groups is 1. The predicted molar refractivity (Wildman–Crippen MR) is 137 cm³/mol. The molecular weight excluding hydrogens is 496 g/mol. The Hall–Kier alpha value is -3.69. The molecule has 3 aromatic carbocycles. The van der Waals surface area contributed by atoms with Gasteiger partial charge in [-0.15, -0.1) is 0 Å². The second-order valence-electron chi connectivity index (χ2n) is 8.84. The number of aromatic nitrogens is 1. The summed E-state index contributed by atoms with van der Waals surface area (Å²) in [5.74, 6) is -2.22. The molecule has 37 heavy (non-hydrogen) atoms. The molecule has 0 spiro atoms. The van der Waals surface area contributed by atoms with Crippen molar-refractivity contribution in [1.29, 1.82) is 0 Å². The molecule has 6 nitrogen and oxygen atoms in total. The fourth-order valence-electron chi connectivity index (χ4n) is 4.37. The van der Waals surface area contributed by atoms with E-state index in [0.29, 0.717) is 22.7 Å². The van der Waals surface area contributed by atoms with Crippen LogP contribution in [0.2, 0.25) is 0 Å². The molecule has 0 N–H and O–H groups in total. The lowest BCUT2D eigenvalue weighted by molar-refractivity contribution is 0.0628. The number of carbonyl (C=O) groups excluding carboxylic acids is 1. The minimum absolute atomic E-state index is 0.121. The molecule has 190 valence electrons. The van der Waals surface area contributed by atoms with Crippen molar-refractivity contribution < 1.29 is 24.7 Å². The average molecular weight is 524 g/mol. The number of halogens is 2.